The predicted octanol–water partition coefficient (Wildman–Crippen LogP) is 4.60. The highest BCUT2D eigenvalue weighted by Crippen LogP contribution is 2.34. The summed E-state index contributed by atoms with van der Waals surface area (Å²) >= 11 is 11.5. The van der Waals surface area contributed by atoms with Crippen LogP contribution in [-0.2, 0) is 9.59 Å². The molecule has 1 aliphatic heterocycles. The summed E-state index contributed by atoms with van der Waals surface area (Å²) in [7, 11) is 3.02. The molecule has 0 radical (unpaired) electrons. The third-order valence-electron chi connectivity index (χ3n) is 5.57. The molecular formula is C25H22ClN3O4S. The minimum Gasteiger partial charge on any atom is -0.497 e. The zero-order chi connectivity index (χ0) is 24.6. The third kappa shape index (κ3) is 4.18. The number of thiocarbonyl (C=S) groups is 1. The molecule has 34 heavy (non-hydrogen) atoms. The fraction of sp³-hybridized carbons (Fsp3) is 0.160. The van der Waals surface area contributed by atoms with Crippen LogP contribution in [0, 0.1) is 13.8 Å². The molecule has 1 fully saturated rings. The van der Waals surface area contributed by atoms with Crippen LogP contribution in [0.2, 0.25) is 5.02 Å². The summed E-state index contributed by atoms with van der Waals surface area (Å²) in [4.78, 5) is 27.5. The summed E-state index contributed by atoms with van der Waals surface area (Å²) in [6.45, 7) is 3.86. The van der Waals surface area contributed by atoms with Gasteiger partial charge in [0.25, 0.3) is 11.8 Å². The molecule has 7 nitrogen and oxygen atoms in total. The molecular weight excluding hydrogens is 474 g/mol. The Hall–Kier alpha value is -3.62. The van der Waals surface area contributed by atoms with Crippen LogP contribution in [0.15, 0.2) is 54.1 Å². The van der Waals surface area contributed by atoms with Gasteiger partial charge < -0.3 is 14.0 Å². The molecule has 1 aliphatic rings. The summed E-state index contributed by atoms with van der Waals surface area (Å²) in [5, 5.41) is 3.19. The van der Waals surface area contributed by atoms with E-state index in [1.807, 2.05) is 42.7 Å². The lowest BCUT2D eigenvalue weighted by Crippen LogP contribution is -2.54. The van der Waals surface area contributed by atoms with E-state index in [0.29, 0.717) is 22.2 Å². The van der Waals surface area contributed by atoms with E-state index in [-0.39, 0.29) is 10.7 Å². The van der Waals surface area contributed by atoms with Gasteiger partial charge in [-0.3, -0.25) is 14.9 Å². The fourth-order valence-electron chi connectivity index (χ4n) is 3.95. The summed E-state index contributed by atoms with van der Waals surface area (Å²) in [5.41, 5.74) is 3.75. The van der Waals surface area contributed by atoms with Crippen LogP contribution in [0.3, 0.4) is 0 Å². The Morgan fingerprint density at radius 2 is 1.79 bits per heavy atom. The molecule has 9 heteroatoms. The highest BCUT2D eigenvalue weighted by molar-refractivity contribution is 7.80. The van der Waals surface area contributed by atoms with E-state index >= 15 is 0 Å². The van der Waals surface area contributed by atoms with Crippen LogP contribution in [0.25, 0.3) is 11.8 Å². The first-order valence-electron chi connectivity index (χ1n) is 10.3. The average Bonchev–Trinajstić information content (AvgIpc) is 3.09. The first-order valence-corrected chi connectivity index (χ1v) is 11.1. The number of halogens is 1. The van der Waals surface area contributed by atoms with Gasteiger partial charge >= 0.3 is 0 Å². The second kappa shape index (κ2) is 9.32. The van der Waals surface area contributed by atoms with Crippen molar-refractivity contribution in [2.75, 3.05) is 19.1 Å². The first kappa shape index (κ1) is 23.5. The zero-order valence-electron chi connectivity index (χ0n) is 19.0. The van der Waals surface area contributed by atoms with E-state index in [1.165, 1.54) is 19.1 Å². The Bertz CT molecular complexity index is 1360. The third-order valence-corrected chi connectivity index (χ3v) is 6.09. The topological polar surface area (TPSA) is 72.8 Å². The molecule has 0 bridgehead atoms. The van der Waals surface area contributed by atoms with Gasteiger partial charge in [0, 0.05) is 28.2 Å². The Kier molecular flexibility index (Phi) is 6.45. The smallest absolute Gasteiger partial charge is 0.270 e. The van der Waals surface area contributed by atoms with Gasteiger partial charge in [0.15, 0.2) is 5.11 Å². The van der Waals surface area contributed by atoms with Crippen LogP contribution < -0.4 is 19.7 Å². The number of nitrogens with one attached hydrogen (secondary N) is 1. The summed E-state index contributed by atoms with van der Waals surface area (Å²) in [6.07, 6.45) is 1.58. The molecule has 0 unspecified atom stereocenters. The van der Waals surface area contributed by atoms with E-state index < -0.39 is 11.8 Å². The largest absolute Gasteiger partial charge is 0.497 e. The number of hydrogen-bond donors (Lipinski definition) is 1. The van der Waals surface area contributed by atoms with Crippen molar-refractivity contribution in [2.24, 2.45) is 0 Å². The molecule has 4 rings (SSSR count). The maximum atomic E-state index is 13.5. The van der Waals surface area contributed by atoms with Gasteiger partial charge in [-0.1, -0.05) is 17.7 Å². The lowest BCUT2D eigenvalue weighted by molar-refractivity contribution is -0.122. The number of methoxy groups -OCH3 is 2. The van der Waals surface area contributed by atoms with Crippen molar-refractivity contribution in [3.05, 3.63) is 76.1 Å². The number of benzene rings is 2. The highest BCUT2D eigenvalue weighted by atomic mass is 35.5. The summed E-state index contributed by atoms with van der Waals surface area (Å²) in [6, 6.07) is 14.4. The lowest BCUT2D eigenvalue weighted by atomic mass is 10.1. The van der Waals surface area contributed by atoms with Gasteiger partial charge in [-0.2, -0.15) is 0 Å². The minimum absolute atomic E-state index is 0.0278. The molecule has 2 heterocycles. The predicted molar refractivity (Wildman–Crippen MR) is 136 cm³/mol. The number of ether oxygens (including phenoxy) is 2. The average molecular weight is 496 g/mol. The first-order chi connectivity index (χ1) is 16.2. The zero-order valence-corrected chi connectivity index (χ0v) is 20.6. The molecule has 0 spiro atoms. The maximum absolute atomic E-state index is 13.5. The SMILES string of the molecule is COc1ccc(N2C(=O)/C(=C/c3cc(C)n(-c4cccc(Cl)c4)c3C)C(=O)NC2=S)c(OC)c1. The maximum Gasteiger partial charge on any atom is 0.270 e. The number of anilines is 1. The van der Waals surface area contributed by atoms with Gasteiger partial charge in [0.1, 0.15) is 17.1 Å². The molecule has 2 aromatic carbocycles. The van der Waals surface area contributed by atoms with E-state index in [2.05, 4.69) is 5.32 Å². The molecule has 0 saturated carbocycles. The van der Waals surface area contributed by atoms with Gasteiger partial charge in [0.05, 0.1) is 19.9 Å². The molecule has 3 aromatic rings. The second-order valence-corrected chi connectivity index (χ2v) is 8.46. The standard InChI is InChI=1S/C25H22ClN3O4S/c1-14-10-16(15(2)28(14)18-7-5-6-17(26)12-18)11-20-23(30)27-25(34)29(24(20)31)21-9-8-19(32-3)13-22(21)33-4/h5-13H,1-4H3,(H,27,30,34)/b20-11+. The molecule has 0 atom stereocenters. The normalized spacial score (nSPS) is 15.0. The van der Waals surface area contributed by atoms with Crippen molar-refractivity contribution in [2.45, 2.75) is 13.8 Å². The van der Waals surface area contributed by atoms with E-state index in [0.717, 1.165) is 22.6 Å². The van der Waals surface area contributed by atoms with Crippen molar-refractivity contribution in [3.8, 4) is 17.2 Å². The van der Waals surface area contributed by atoms with Crippen LogP contribution in [0.5, 0.6) is 11.5 Å². The number of rotatable bonds is 5. The molecule has 1 N–H and O–H groups in total. The van der Waals surface area contributed by atoms with Crippen molar-refractivity contribution < 1.29 is 19.1 Å². The molecule has 1 saturated heterocycles. The van der Waals surface area contributed by atoms with Crippen LogP contribution in [0.1, 0.15) is 17.0 Å². The lowest BCUT2D eigenvalue weighted by Gasteiger charge is -2.30. The molecule has 0 aliphatic carbocycles. The van der Waals surface area contributed by atoms with Crippen molar-refractivity contribution >= 4 is 52.5 Å². The van der Waals surface area contributed by atoms with E-state index in [1.54, 1.807) is 30.3 Å². The van der Waals surface area contributed by atoms with Crippen LogP contribution in [-0.4, -0.2) is 35.7 Å². The van der Waals surface area contributed by atoms with Crippen LogP contribution in [0.4, 0.5) is 5.69 Å². The van der Waals surface area contributed by atoms with Gasteiger partial charge in [-0.05, 0) is 74.1 Å². The second-order valence-electron chi connectivity index (χ2n) is 7.64. The molecule has 174 valence electrons. The van der Waals surface area contributed by atoms with E-state index in [9.17, 15) is 9.59 Å². The molecule has 2 amide bonds. The number of hydrogen-bond acceptors (Lipinski definition) is 5. The Morgan fingerprint density at radius 1 is 1.03 bits per heavy atom. The Morgan fingerprint density at radius 3 is 2.47 bits per heavy atom. The van der Waals surface area contributed by atoms with Gasteiger partial charge in [-0.15, -0.1) is 0 Å². The van der Waals surface area contributed by atoms with Crippen molar-refractivity contribution in [1.82, 2.24) is 9.88 Å². The number of carbonyl (C=O) groups excluding carboxylic acids is 2. The summed E-state index contributed by atoms with van der Waals surface area (Å²) < 4.78 is 12.7. The number of carbonyl (C=O) groups is 2. The van der Waals surface area contributed by atoms with Gasteiger partial charge in [-0.25, -0.2) is 4.90 Å². The van der Waals surface area contributed by atoms with Crippen molar-refractivity contribution in [1.29, 1.82) is 0 Å². The Balaban J connectivity index is 1.78. The Labute approximate surface area is 207 Å². The molecule has 1 aromatic heterocycles. The van der Waals surface area contributed by atoms with Crippen LogP contribution >= 0.6 is 23.8 Å². The number of aromatic nitrogens is 1. The highest BCUT2D eigenvalue weighted by Gasteiger charge is 2.36. The minimum atomic E-state index is -0.564. The number of aryl methyl sites for hydroxylation is 1. The fourth-order valence-corrected chi connectivity index (χ4v) is 4.41. The van der Waals surface area contributed by atoms with E-state index in [4.69, 9.17) is 33.3 Å². The number of nitrogens with zero attached hydrogens (tertiary/aromatic N) is 2. The monoisotopic (exact) mass is 495 g/mol. The summed E-state index contributed by atoms with van der Waals surface area (Å²) in [5.74, 6) is -0.176. The quantitative estimate of drug-likeness (QED) is 0.318. The van der Waals surface area contributed by atoms with Gasteiger partial charge in [0.2, 0.25) is 0 Å². The number of amides is 2. The van der Waals surface area contributed by atoms with Crippen molar-refractivity contribution in [3.63, 3.8) is 0 Å².